The van der Waals surface area contributed by atoms with Crippen LogP contribution in [0.25, 0.3) is 0 Å². The van der Waals surface area contributed by atoms with Crippen molar-refractivity contribution >= 4 is 17.3 Å². The molecule has 0 aliphatic carbocycles. The minimum absolute atomic E-state index is 0.141. The van der Waals surface area contributed by atoms with Gasteiger partial charge in [0.1, 0.15) is 5.82 Å². The molecule has 0 radical (unpaired) electrons. The molecule has 2 rings (SSSR count). The lowest BCUT2D eigenvalue weighted by atomic mass is 10.3. The van der Waals surface area contributed by atoms with Crippen molar-refractivity contribution in [2.75, 3.05) is 24.3 Å². The number of aromatic amines is 1. The van der Waals surface area contributed by atoms with E-state index in [-0.39, 0.29) is 11.7 Å². The second kappa shape index (κ2) is 6.14. The normalized spacial score (nSPS) is 10.3. The minimum Gasteiger partial charge on any atom is -0.376 e. The van der Waals surface area contributed by atoms with Crippen LogP contribution in [0.1, 0.15) is 29.8 Å². The van der Waals surface area contributed by atoms with Gasteiger partial charge in [0.05, 0.1) is 17.6 Å². The predicted molar refractivity (Wildman–Crippen MR) is 76.9 cm³/mol. The molecular formula is C13H18N6O. The van der Waals surface area contributed by atoms with Crippen LogP contribution in [0.4, 0.5) is 11.4 Å². The summed E-state index contributed by atoms with van der Waals surface area (Å²) < 4.78 is 0. The number of hydrogen-bond acceptors (Lipinski definition) is 5. The lowest BCUT2D eigenvalue weighted by Crippen LogP contribution is -2.18. The molecule has 1 amide bonds. The fourth-order valence-electron chi connectivity index (χ4n) is 1.80. The van der Waals surface area contributed by atoms with Gasteiger partial charge in [-0.15, -0.1) is 5.10 Å². The van der Waals surface area contributed by atoms with Gasteiger partial charge in [0.2, 0.25) is 5.82 Å². The first kappa shape index (κ1) is 14.0. The number of hydrogen-bond donors (Lipinski definition) is 2. The fraction of sp³-hybridized carbons (Fsp3) is 0.385. The van der Waals surface area contributed by atoms with E-state index in [1.54, 1.807) is 12.4 Å². The summed E-state index contributed by atoms with van der Waals surface area (Å²) in [6, 6.07) is 1.83. The average molecular weight is 274 g/mol. The summed E-state index contributed by atoms with van der Waals surface area (Å²) in [6.07, 6.45) is 5.00. The standard InChI is InChI=1S/C13H18N6O/c1-4-5-11-16-12(18-17-11)13(20)15-9-8-14-7-6-10(9)19(2)3/h6-8H,4-5H2,1-3H3,(H,15,20)(H,16,17,18). The average Bonchev–Trinajstić information content (AvgIpc) is 2.88. The number of nitrogens with zero attached hydrogens (tertiary/aromatic N) is 4. The highest BCUT2D eigenvalue weighted by molar-refractivity contribution is 6.03. The first-order valence-electron chi connectivity index (χ1n) is 6.45. The monoisotopic (exact) mass is 274 g/mol. The molecular weight excluding hydrogens is 256 g/mol. The van der Waals surface area contributed by atoms with Crippen LogP contribution in [0.5, 0.6) is 0 Å². The Balaban J connectivity index is 2.15. The third kappa shape index (κ3) is 3.11. The molecule has 0 aromatic carbocycles. The van der Waals surface area contributed by atoms with Crippen LogP contribution in [0.15, 0.2) is 18.5 Å². The summed E-state index contributed by atoms with van der Waals surface area (Å²) in [5.41, 5.74) is 1.50. The molecule has 0 aliphatic heterocycles. The zero-order chi connectivity index (χ0) is 14.5. The highest BCUT2D eigenvalue weighted by Crippen LogP contribution is 2.22. The summed E-state index contributed by atoms with van der Waals surface area (Å²) in [5, 5.41) is 9.46. The van der Waals surface area contributed by atoms with Crippen molar-refractivity contribution in [3.63, 3.8) is 0 Å². The van der Waals surface area contributed by atoms with E-state index in [0.717, 1.165) is 24.4 Å². The lowest BCUT2D eigenvalue weighted by molar-refractivity contribution is 0.101. The number of carbonyl (C=O) groups is 1. The van der Waals surface area contributed by atoms with Crippen molar-refractivity contribution in [2.45, 2.75) is 19.8 Å². The van der Waals surface area contributed by atoms with Gasteiger partial charge in [-0.1, -0.05) is 6.92 Å². The van der Waals surface area contributed by atoms with E-state index in [9.17, 15) is 4.79 Å². The fourth-order valence-corrected chi connectivity index (χ4v) is 1.80. The molecule has 0 fully saturated rings. The van der Waals surface area contributed by atoms with Crippen molar-refractivity contribution in [2.24, 2.45) is 0 Å². The van der Waals surface area contributed by atoms with Crippen LogP contribution >= 0.6 is 0 Å². The van der Waals surface area contributed by atoms with Gasteiger partial charge in [0.15, 0.2) is 0 Å². The summed E-state index contributed by atoms with van der Waals surface area (Å²) in [7, 11) is 3.80. The van der Waals surface area contributed by atoms with E-state index < -0.39 is 0 Å². The molecule has 20 heavy (non-hydrogen) atoms. The summed E-state index contributed by atoms with van der Waals surface area (Å²) in [4.78, 5) is 22.2. The molecule has 7 heteroatoms. The third-order valence-electron chi connectivity index (χ3n) is 2.75. The molecule has 0 aliphatic rings. The predicted octanol–water partition coefficient (Wildman–Crippen LogP) is 1.47. The number of amides is 1. The number of aryl methyl sites for hydroxylation is 1. The maximum Gasteiger partial charge on any atom is 0.295 e. The molecule has 0 bridgehead atoms. The van der Waals surface area contributed by atoms with Gasteiger partial charge in [-0.25, -0.2) is 4.98 Å². The Labute approximate surface area is 117 Å². The Kier molecular flexibility index (Phi) is 4.29. The molecule has 2 aromatic heterocycles. The maximum absolute atomic E-state index is 12.1. The molecule has 0 spiro atoms. The lowest BCUT2D eigenvalue weighted by Gasteiger charge is -2.16. The second-order valence-corrected chi connectivity index (χ2v) is 4.60. The Morgan fingerprint density at radius 1 is 1.45 bits per heavy atom. The molecule has 2 aromatic rings. The van der Waals surface area contributed by atoms with Crippen LogP contribution in [-0.4, -0.2) is 40.2 Å². The Morgan fingerprint density at radius 2 is 2.25 bits per heavy atom. The first-order chi connectivity index (χ1) is 9.61. The van der Waals surface area contributed by atoms with E-state index >= 15 is 0 Å². The zero-order valence-electron chi connectivity index (χ0n) is 11.8. The first-order valence-corrected chi connectivity index (χ1v) is 6.45. The number of rotatable bonds is 5. The topological polar surface area (TPSA) is 86.8 Å². The van der Waals surface area contributed by atoms with Gasteiger partial charge >= 0.3 is 0 Å². The van der Waals surface area contributed by atoms with E-state index in [1.807, 2.05) is 32.0 Å². The van der Waals surface area contributed by atoms with Gasteiger partial charge in [-0.05, 0) is 12.5 Å². The smallest absolute Gasteiger partial charge is 0.295 e. The molecule has 2 N–H and O–H groups in total. The Bertz CT molecular complexity index is 592. The van der Waals surface area contributed by atoms with Crippen LogP contribution in [0.3, 0.4) is 0 Å². The summed E-state index contributed by atoms with van der Waals surface area (Å²) in [6.45, 7) is 2.04. The quantitative estimate of drug-likeness (QED) is 0.862. The van der Waals surface area contributed by atoms with E-state index in [2.05, 4.69) is 25.5 Å². The summed E-state index contributed by atoms with van der Waals surface area (Å²) in [5.74, 6) is 0.512. The Hall–Kier alpha value is -2.44. The SMILES string of the molecule is CCCc1nc(C(=O)Nc2cnccc2N(C)C)n[nH]1. The number of carbonyl (C=O) groups excluding carboxylic acids is 1. The highest BCUT2D eigenvalue weighted by atomic mass is 16.2. The van der Waals surface area contributed by atoms with Crippen LogP contribution in [0.2, 0.25) is 0 Å². The third-order valence-corrected chi connectivity index (χ3v) is 2.75. The number of pyridine rings is 1. The zero-order valence-corrected chi connectivity index (χ0v) is 11.8. The summed E-state index contributed by atoms with van der Waals surface area (Å²) >= 11 is 0. The van der Waals surface area contributed by atoms with Crippen molar-refractivity contribution < 1.29 is 4.79 Å². The minimum atomic E-state index is -0.347. The molecule has 0 unspecified atom stereocenters. The Morgan fingerprint density at radius 3 is 2.95 bits per heavy atom. The maximum atomic E-state index is 12.1. The molecule has 106 valence electrons. The van der Waals surface area contributed by atoms with E-state index in [4.69, 9.17) is 0 Å². The van der Waals surface area contributed by atoms with Gasteiger partial charge < -0.3 is 10.2 Å². The second-order valence-electron chi connectivity index (χ2n) is 4.60. The van der Waals surface area contributed by atoms with Gasteiger partial charge in [-0.3, -0.25) is 14.9 Å². The van der Waals surface area contributed by atoms with Crippen molar-refractivity contribution in [1.82, 2.24) is 20.2 Å². The van der Waals surface area contributed by atoms with Crippen LogP contribution in [-0.2, 0) is 6.42 Å². The molecule has 0 atom stereocenters. The number of aromatic nitrogens is 4. The van der Waals surface area contributed by atoms with Gasteiger partial charge in [0.25, 0.3) is 5.91 Å². The number of nitrogens with one attached hydrogen (secondary N) is 2. The van der Waals surface area contributed by atoms with Gasteiger partial charge in [0, 0.05) is 26.7 Å². The largest absolute Gasteiger partial charge is 0.376 e. The molecule has 0 saturated heterocycles. The molecule has 2 heterocycles. The number of anilines is 2. The number of H-pyrrole nitrogens is 1. The van der Waals surface area contributed by atoms with Crippen molar-refractivity contribution in [3.8, 4) is 0 Å². The highest BCUT2D eigenvalue weighted by Gasteiger charge is 2.14. The molecule has 0 saturated carbocycles. The van der Waals surface area contributed by atoms with Crippen LogP contribution in [0, 0.1) is 0 Å². The van der Waals surface area contributed by atoms with Crippen molar-refractivity contribution in [3.05, 3.63) is 30.1 Å². The van der Waals surface area contributed by atoms with E-state index in [1.165, 1.54) is 0 Å². The molecule has 7 nitrogen and oxygen atoms in total. The van der Waals surface area contributed by atoms with Crippen molar-refractivity contribution in [1.29, 1.82) is 0 Å². The van der Waals surface area contributed by atoms with E-state index in [0.29, 0.717) is 5.69 Å². The van der Waals surface area contributed by atoms with Gasteiger partial charge in [-0.2, -0.15) is 0 Å². The van der Waals surface area contributed by atoms with Crippen LogP contribution < -0.4 is 10.2 Å².